The molecule has 3 nitrogen and oxygen atoms in total. The van der Waals surface area contributed by atoms with Gasteiger partial charge in [0.15, 0.2) is 0 Å². The Morgan fingerprint density at radius 3 is 2.20 bits per heavy atom. The average molecular weight is 408 g/mol. The Morgan fingerprint density at radius 2 is 1.60 bits per heavy atom. The molecule has 0 aliphatic heterocycles. The maximum Gasteiger partial charge on any atom is 0.416 e. The van der Waals surface area contributed by atoms with Crippen LogP contribution in [0.4, 0.5) is 13.2 Å². The summed E-state index contributed by atoms with van der Waals surface area (Å²) in [5, 5.41) is 9.66. The summed E-state index contributed by atoms with van der Waals surface area (Å²) in [4.78, 5) is 4.63. The normalized spacial score (nSPS) is 12.8. The number of nitrogens with zero attached hydrogens (tertiary/aromatic N) is 2. The molecule has 3 rings (SSSR count). The lowest BCUT2D eigenvalue weighted by atomic mass is 9.97. The second-order valence-electron chi connectivity index (χ2n) is 6.61. The molecular weight excluding hydrogens is 389 g/mol. The van der Waals surface area contributed by atoms with Gasteiger partial charge in [-0.2, -0.15) is 18.4 Å². The highest BCUT2D eigenvalue weighted by molar-refractivity contribution is 6.11. The Balaban J connectivity index is 2.03. The van der Waals surface area contributed by atoms with E-state index >= 15 is 0 Å². The number of para-hydroxylation sites is 1. The molecule has 0 saturated carbocycles. The number of alkyl halides is 3. The van der Waals surface area contributed by atoms with E-state index in [1.54, 1.807) is 7.11 Å². The fourth-order valence-corrected chi connectivity index (χ4v) is 3.15. The Kier molecular flexibility index (Phi) is 6.53. The maximum absolute atomic E-state index is 12.9. The van der Waals surface area contributed by atoms with Gasteiger partial charge in [-0.25, -0.2) is 0 Å². The van der Waals surface area contributed by atoms with Crippen molar-refractivity contribution in [3.8, 4) is 11.8 Å². The third-order valence-corrected chi connectivity index (χ3v) is 4.65. The van der Waals surface area contributed by atoms with Gasteiger partial charge in [-0.3, -0.25) is 4.99 Å². The van der Waals surface area contributed by atoms with Gasteiger partial charge in [-0.1, -0.05) is 60.7 Å². The molecule has 3 aromatic carbocycles. The van der Waals surface area contributed by atoms with Crippen LogP contribution in [0.1, 0.15) is 28.3 Å². The van der Waals surface area contributed by atoms with Gasteiger partial charge >= 0.3 is 6.18 Å². The summed E-state index contributed by atoms with van der Waals surface area (Å²) in [6, 6.07) is 23.1. The van der Waals surface area contributed by atoms with Crippen LogP contribution in [-0.4, -0.2) is 12.8 Å². The highest BCUT2D eigenvalue weighted by atomic mass is 19.4. The smallest absolute Gasteiger partial charge is 0.416 e. The number of halogens is 3. The zero-order chi connectivity index (χ0) is 21.6. The van der Waals surface area contributed by atoms with Crippen LogP contribution in [0.5, 0.6) is 5.75 Å². The maximum atomic E-state index is 12.9. The Labute approximate surface area is 173 Å². The second-order valence-corrected chi connectivity index (χ2v) is 6.61. The number of rotatable bonds is 6. The third-order valence-electron chi connectivity index (χ3n) is 4.65. The molecule has 0 saturated heterocycles. The largest absolute Gasteiger partial charge is 0.496 e. The van der Waals surface area contributed by atoms with E-state index in [4.69, 9.17) is 4.74 Å². The van der Waals surface area contributed by atoms with Crippen molar-refractivity contribution in [3.05, 3.63) is 101 Å². The van der Waals surface area contributed by atoms with Gasteiger partial charge in [0.05, 0.1) is 18.7 Å². The van der Waals surface area contributed by atoms with Crippen molar-refractivity contribution in [1.29, 1.82) is 5.26 Å². The number of hydrogen-bond acceptors (Lipinski definition) is 3. The lowest BCUT2D eigenvalue weighted by Crippen LogP contribution is -2.09. The van der Waals surface area contributed by atoms with Crippen molar-refractivity contribution in [2.24, 2.45) is 4.99 Å². The zero-order valence-corrected chi connectivity index (χ0v) is 16.2. The van der Waals surface area contributed by atoms with Gasteiger partial charge < -0.3 is 4.74 Å². The van der Waals surface area contributed by atoms with Gasteiger partial charge in [0.25, 0.3) is 0 Å². The van der Waals surface area contributed by atoms with E-state index in [0.29, 0.717) is 17.7 Å². The molecule has 0 fully saturated rings. The number of nitriles is 1. The number of hydrogen-bond donors (Lipinski definition) is 0. The van der Waals surface area contributed by atoms with Crippen LogP contribution < -0.4 is 4.74 Å². The standard InChI is InChI=1S/C24H19F3N2O/c1-30-23-10-6-5-9-20(23)21(15-17-7-3-2-4-8-17)29-22(16-28)18-11-13-19(14-12-18)24(25,26)27/h2-14,21H,15H2,1H3/t21-/m1/s1. The van der Waals surface area contributed by atoms with Gasteiger partial charge in [-0.15, -0.1) is 0 Å². The molecule has 0 aliphatic rings. The van der Waals surface area contributed by atoms with E-state index < -0.39 is 17.8 Å². The summed E-state index contributed by atoms with van der Waals surface area (Å²) in [6.45, 7) is 0. The molecule has 152 valence electrons. The fraction of sp³-hybridized carbons (Fsp3) is 0.167. The SMILES string of the molecule is COc1ccccc1[C@@H](Cc1ccccc1)N=C(C#N)c1ccc(C(F)(F)F)cc1. The van der Waals surface area contributed by atoms with E-state index in [2.05, 4.69) is 4.99 Å². The van der Waals surface area contributed by atoms with Crippen molar-refractivity contribution >= 4 is 5.71 Å². The van der Waals surface area contributed by atoms with E-state index in [1.807, 2.05) is 60.7 Å². The van der Waals surface area contributed by atoms with Crippen LogP contribution in [0, 0.1) is 11.3 Å². The monoisotopic (exact) mass is 408 g/mol. The first kappa shape index (κ1) is 21.1. The molecule has 6 heteroatoms. The Hall–Kier alpha value is -3.59. The third kappa shape index (κ3) is 5.06. The Bertz CT molecular complexity index is 1050. The zero-order valence-electron chi connectivity index (χ0n) is 16.2. The molecule has 3 aromatic rings. The molecule has 0 aliphatic carbocycles. The molecule has 0 unspecified atom stereocenters. The minimum atomic E-state index is -4.43. The molecule has 30 heavy (non-hydrogen) atoms. The molecule has 0 amide bonds. The predicted octanol–water partition coefficient (Wildman–Crippen LogP) is 6.01. The van der Waals surface area contributed by atoms with Crippen molar-refractivity contribution in [1.82, 2.24) is 0 Å². The van der Waals surface area contributed by atoms with E-state index in [0.717, 1.165) is 23.3 Å². The van der Waals surface area contributed by atoms with E-state index in [9.17, 15) is 18.4 Å². The fourth-order valence-electron chi connectivity index (χ4n) is 3.15. The molecular formula is C24H19F3N2O. The Morgan fingerprint density at radius 1 is 0.967 bits per heavy atom. The van der Waals surface area contributed by atoms with Gasteiger partial charge in [0.2, 0.25) is 0 Å². The number of methoxy groups -OCH3 is 1. The quantitative estimate of drug-likeness (QED) is 0.469. The first-order valence-electron chi connectivity index (χ1n) is 9.24. The van der Waals surface area contributed by atoms with Crippen LogP contribution in [-0.2, 0) is 12.6 Å². The number of ether oxygens (including phenoxy) is 1. The van der Waals surface area contributed by atoms with Crippen molar-refractivity contribution in [3.63, 3.8) is 0 Å². The first-order chi connectivity index (χ1) is 14.4. The highest BCUT2D eigenvalue weighted by Crippen LogP contribution is 2.32. The van der Waals surface area contributed by atoms with Crippen LogP contribution in [0.25, 0.3) is 0 Å². The topological polar surface area (TPSA) is 45.4 Å². The summed E-state index contributed by atoms with van der Waals surface area (Å²) in [5.41, 5.74) is 1.44. The second kappa shape index (κ2) is 9.27. The van der Waals surface area contributed by atoms with Crippen LogP contribution in [0.3, 0.4) is 0 Å². The van der Waals surface area contributed by atoms with Crippen molar-refractivity contribution in [2.45, 2.75) is 18.6 Å². The van der Waals surface area contributed by atoms with Crippen molar-refractivity contribution in [2.75, 3.05) is 7.11 Å². The van der Waals surface area contributed by atoms with Crippen molar-refractivity contribution < 1.29 is 17.9 Å². The van der Waals surface area contributed by atoms with Crippen LogP contribution >= 0.6 is 0 Å². The van der Waals surface area contributed by atoms with Gasteiger partial charge in [0, 0.05) is 11.1 Å². The number of benzene rings is 3. The lowest BCUT2D eigenvalue weighted by molar-refractivity contribution is -0.137. The molecule has 0 N–H and O–H groups in total. The molecule has 0 bridgehead atoms. The lowest BCUT2D eigenvalue weighted by Gasteiger charge is -2.17. The number of aliphatic imine (C=N–C) groups is 1. The molecule has 1 atom stereocenters. The molecule has 0 heterocycles. The van der Waals surface area contributed by atoms with Gasteiger partial charge in [0.1, 0.15) is 17.5 Å². The van der Waals surface area contributed by atoms with Crippen LogP contribution in [0.15, 0.2) is 83.9 Å². The summed E-state index contributed by atoms with van der Waals surface area (Å²) in [6.07, 6.45) is -3.93. The van der Waals surface area contributed by atoms with Crippen LogP contribution in [0.2, 0.25) is 0 Å². The summed E-state index contributed by atoms with van der Waals surface area (Å²) < 4.78 is 44.0. The first-order valence-corrected chi connectivity index (χ1v) is 9.24. The summed E-state index contributed by atoms with van der Waals surface area (Å²) >= 11 is 0. The summed E-state index contributed by atoms with van der Waals surface area (Å²) in [5.74, 6) is 0.631. The molecule has 0 radical (unpaired) electrons. The highest BCUT2D eigenvalue weighted by Gasteiger charge is 2.30. The van der Waals surface area contributed by atoms with Gasteiger partial charge in [-0.05, 0) is 30.2 Å². The predicted molar refractivity (Wildman–Crippen MR) is 109 cm³/mol. The minimum absolute atomic E-state index is 0.0653. The van der Waals surface area contributed by atoms with E-state index in [1.165, 1.54) is 12.1 Å². The molecule has 0 spiro atoms. The summed E-state index contributed by atoms with van der Waals surface area (Å²) in [7, 11) is 1.56. The minimum Gasteiger partial charge on any atom is -0.496 e. The van der Waals surface area contributed by atoms with E-state index in [-0.39, 0.29) is 5.71 Å². The average Bonchev–Trinajstić information content (AvgIpc) is 2.77. The molecule has 0 aromatic heterocycles.